The number of benzene rings is 1. The summed E-state index contributed by atoms with van der Waals surface area (Å²) < 4.78 is 17.8. The molecule has 0 unspecified atom stereocenters. The second-order valence-corrected chi connectivity index (χ2v) is 13.3. The molecule has 1 aromatic carbocycles. The number of aromatic nitrogens is 1. The fourth-order valence-corrected chi connectivity index (χ4v) is 5.90. The molecule has 0 saturated heterocycles. The molecule has 0 atom stereocenters. The van der Waals surface area contributed by atoms with E-state index < -0.39 is 11.9 Å². The number of nitrogens with zero attached hydrogens (tertiary/aromatic N) is 1. The largest absolute Gasteiger partial charge is 0.490 e. The highest BCUT2D eigenvalue weighted by molar-refractivity contribution is 6.08. The van der Waals surface area contributed by atoms with Crippen molar-refractivity contribution in [2.24, 2.45) is 0 Å². The molecule has 2 aromatic rings. The Hall–Kier alpha value is -2.89. The molecule has 1 aromatic heterocycles. The van der Waals surface area contributed by atoms with Gasteiger partial charge in [-0.2, -0.15) is 0 Å². The van der Waals surface area contributed by atoms with Crippen molar-refractivity contribution in [3.05, 3.63) is 46.3 Å². The van der Waals surface area contributed by atoms with Gasteiger partial charge in [0.15, 0.2) is 0 Å². The number of pyridine rings is 1. The zero-order chi connectivity index (χ0) is 33.4. The molecule has 0 amide bonds. The zero-order valence-electron chi connectivity index (χ0n) is 29.9. The van der Waals surface area contributed by atoms with Gasteiger partial charge in [0.25, 0.3) is 0 Å². The minimum atomic E-state index is -0.505. The average Bonchev–Trinajstić information content (AvgIpc) is 2.94. The predicted molar refractivity (Wildman–Crippen MR) is 185 cm³/mol. The van der Waals surface area contributed by atoms with E-state index in [1.165, 1.54) is 70.6 Å². The summed E-state index contributed by atoms with van der Waals surface area (Å²) in [4.78, 5) is 31.9. The van der Waals surface area contributed by atoms with Gasteiger partial charge in [-0.25, -0.2) is 9.59 Å². The molecule has 6 nitrogen and oxygen atoms in total. The molecule has 0 aliphatic carbocycles. The van der Waals surface area contributed by atoms with Crippen molar-refractivity contribution in [2.75, 3.05) is 0 Å². The summed E-state index contributed by atoms with van der Waals surface area (Å²) in [6.07, 6.45) is 16.8. The Morgan fingerprint density at radius 2 is 1.07 bits per heavy atom. The van der Waals surface area contributed by atoms with Gasteiger partial charge in [-0.1, -0.05) is 96.1 Å². The van der Waals surface area contributed by atoms with Gasteiger partial charge in [0.2, 0.25) is 0 Å². The number of carbonyl (C=O) groups is 2. The first kappa shape index (κ1) is 38.3. The Balaban J connectivity index is 2.35. The van der Waals surface area contributed by atoms with E-state index in [1.807, 2.05) is 53.7 Å². The molecule has 0 spiro atoms. The van der Waals surface area contributed by atoms with Crippen molar-refractivity contribution in [2.45, 2.75) is 171 Å². The van der Waals surface area contributed by atoms with Crippen LogP contribution in [-0.4, -0.2) is 35.2 Å². The fraction of sp³-hybridized carbons (Fsp3) is 0.667. The van der Waals surface area contributed by atoms with E-state index >= 15 is 0 Å². The van der Waals surface area contributed by atoms with Gasteiger partial charge in [0.05, 0.1) is 40.8 Å². The highest BCUT2D eigenvalue weighted by Gasteiger charge is 2.31. The summed E-state index contributed by atoms with van der Waals surface area (Å²) in [5.41, 5.74) is 3.90. The van der Waals surface area contributed by atoms with Crippen molar-refractivity contribution in [1.82, 2.24) is 4.98 Å². The number of hydrogen-bond acceptors (Lipinski definition) is 6. The first-order chi connectivity index (χ1) is 21.5. The van der Waals surface area contributed by atoms with E-state index in [0.717, 1.165) is 30.4 Å². The Kier molecular flexibility index (Phi) is 17.3. The van der Waals surface area contributed by atoms with Gasteiger partial charge in [-0.05, 0) is 79.9 Å². The summed E-state index contributed by atoms with van der Waals surface area (Å²) in [6, 6.07) is 6.00. The molecule has 0 aliphatic heterocycles. The monoisotopic (exact) mass is 623 g/mol. The van der Waals surface area contributed by atoms with E-state index in [9.17, 15) is 9.59 Å². The standard InChI is InChI=1S/C39H61NO5/c1-10-11-12-13-14-15-16-17-18-19-20-21-22-24-32-25-23-26-33(43-27(2)3)36(32)37-34(38(41)44-28(4)5)30(8)40-31(9)35(37)39(42)45-29(6)7/h23,25-29H,10-22,24H2,1-9H3. The lowest BCUT2D eigenvalue weighted by atomic mass is 9.87. The molecule has 0 saturated carbocycles. The number of hydrogen-bond donors (Lipinski definition) is 0. The Morgan fingerprint density at radius 1 is 0.622 bits per heavy atom. The molecular formula is C39H61NO5. The highest BCUT2D eigenvalue weighted by atomic mass is 16.5. The van der Waals surface area contributed by atoms with Crippen LogP contribution in [0.3, 0.4) is 0 Å². The first-order valence-electron chi connectivity index (χ1n) is 17.7. The maximum Gasteiger partial charge on any atom is 0.340 e. The van der Waals surface area contributed by atoms with Gasteiger partial charge in [0, 0.05) is 11.1 Å². The summed E-state index contributed by atoms with van der Waals surface area (Å²) in [7, 11) is 0. The van der Waals surface area contributed by atoms with Crippen LogP contribution in [0, 0.1) is 13.8 Å². The molecule has 0 bridgehead atoms. The molecule has 0 N–H and O–H groups in total. The number of aryl methyl sites for hydroxylation is 3. The lowest BCUT2D eigenvalue weighted by Crippen LogP contribution is -2.21. The third-order valence-electron chi connectivity index (χ3n) is 7.93. The summed E-state index contributed by atoms with van der Waals surface area (Å²) >= 11 is 0. The van der Waals surface area contributed by atoms with E-state index in [-0.39, 0.29) is 29.4 Å². The van der Waals surface area contributed by atoms with Crippen LogP contribution in [0.1, 0.15) is 170 Å². The molecule has 0 fully saturated rings. The fourth-order valence-electron chi connectivity index (χ4n) is 5.90. The third-order valence-corrected chi connectivity index (χ3v) is 7.93. The van der Waals surface area contributed by atoms with Crippen LogP contribution in [0.5, 0.6) is 5.75 Å². The van der Waals surface area contributed by atoms with Crippen LogP contribution in [0.2, 0.25) is 0 Å². The van der Waals surface area contributed by atoms with Crippen LogP contribution in [0.25, 0.3) is 11.1 Å². The van der Waals surface area contributed by atoms with Crippen molar-refractivity contribution in [3.8, 4) is 16.9 Å². The van der Waals surface area contributed by atoms with Crippen molar-refractivity contribution in [3.63, 3.8) is 0 Å². The SMILES string of the molecule is CCCCCCCCCCCCCCCc1cccc(OC(C)C)c1-c1c(C(=O)OC(C)C)c(C)nc(C)c1C(=O)OC(C)C. The molecule has 0 aliphatic rings. The summed E-state index contributed by atoms with van der Waals surface area (Å²) in [6.45, 7) is 17.1. The van der Waals surface area contributed by atoms with Crippen LogP contribution in [0.15, 0.2) is 18.2 Å². The highest BCUT2D eigenvalue weighted by Crippen LogP contribution is 2.41. The second-order valence-electron chi connectivity index (χ2n) is 13.3. The van der Waals surface area contributed by atoms with Crippen molar-refractivity contribution in [1.29, 1.82) is 0 Å². The van der Waals surface area contributed by atoms with Crippen LogP contribution < -0.4 is 4.74 Å². The van der Waals surface area contributed by atoms with Gasteiger partial charge in [-0.15, -0.1) is 0 Å². The minimum absolute atomic E-state index is 0.100. The van der Waals surface area contributed by atoms with E-state index in [1.54, 1.807) is 13.8 Å². The number of carbonyl (C=O) groups excluding carboxylic acids is 2. The van der Waals surface area contributed by atoms with E-state index in [2.05, 4.69) is 18.0 Å². The minimum Gasteiger partial charge on any atom is -0.490 e. The molecule has 1 heterocycles. The quantitative estimate of drug-likeness (QED) is 0.102. The van der Waals surface area contributed by atoms with Gasteiger partial charge >= 0.3 is 11.9 Å². The molecule has 0 radical (unpaired) electrons. The first-order valence-corrected chi connectivity index (χ1v) is 17.7. The van der Waals surface area contributed by atoms with Gasteiger partial charge < -0.3 is 14.2 Å². The van der Waals surface area contributed by atoms with Crippen molar-refractivity contribution < 1.29 is 23.8 Å². The smallest absolute Gasteiger partial charge is 0.340 e. The maximum atomic E-state index is 13.7. The molecule has 6 heteroatoms. The summed E-state index contributed by atoms with van der Waals surface area (Å²) in [5, 5.41) is 0. The van der Waals surface area contributed by atoms with Crippen LogP contribution in [-0.2, 0) is 15.9 Å². The number of rotatable bonds is 21. The predicted octanol–water partition coefficient (Wildman–Crippen LogP) is 10.9. The van der Waals surface area contributed by atoms with Crippen LogP contribution >= 0.6 is 0 Å². The summed E-state index contributed by atoms with van der Waals surface area (Å²) in [5.74, 6) is -0.371. The normalized spacial score (nSPS) is 11.5. The maximum absolute atomic E-state index is 13.7. The van der Waals surface area contributed by atoms with E-state index in [0.29, 0.717) is 22.7 Å². The number of unbranched alkanes of at least 4 members (excludes halogenated alkanes) is 12. The Bertz CT molecular complexity index is 1150. The molecule has 2 rings (SSSR count). The van der Waals surface area contributed by atoms with E-state index in [4.69, 9.17) is 14.2 Å². The van der Waals surface area contributed by atoms with Gasteiger partial charge in [0.1, 0.15) is 5.75 Å². The lowest BCUT2D eigenvalue weighted by molar-refractivity contribution is 0.0377. The second kappa shape index (κ2) is 20.3. The molecule has 45 heavy (non-hydrogen) atoms. The third kappa shape index (κ3) is 12.8. The van der Waals surface area contributed by atoms with Gasteiger partial charge in [-0.3, -0.25) is 4.98 Å². The topological polar surface area (TPSA) is 74.7 Å². The molecular weight excluding hydrogens is 562 g/mol. The zero-order valence-corrected chi connectivity index (χ0v) is 29.9. The number of esters is 2. The average molecular weight is 624 g/mol. The Labute approximate surface area is 274 Å². The molecule has 252 valence electrons. The lowest BCUT2D eigenvalue weighted by Gasteiger charge is -2.24. The number of ether oxygens (including phenoxy) is 3. The van der Waals surface area contributed by atoms with Crippen LogP contribution in [0.4, 0.5) is 0 Å². The van der Waals surface area contributed by atoms with Crippen molar-refractivity contribution >= 4 is 11.9 Å². The Morgan fingerprint density at radius 3 is 1.49 bits per heavy atom.